The van der Waals surface area contributed by atoms with Crippen LogP contribution in [0.1, 0.15) is 24.8 Å². The molecule has 0 bridgehead atoms. The highest BCUT2D eigenvalue weighted by Crippen LogP contribution is 2.54. The molecule has 0 spiro atoms. The maximum Gasteiger partial charge on any atom is 0.162 e. The number of halogens is 2. The third kappa shape index (κ3) is 1.99. The Morgan fingerprint density at radius 3 is 2.59 bits per heavy atom. The van der Waals surface area contributed by atoms with Crippen LogP contribution in [0.25, 0.3) is 0 Å². The summed E-state index contributed by atoms with van der Waals surface area (Å²) in [5.41, 5.74) is 0.190. The van der Waals surface area contributed by atoms with Crippen molar-refractivity contribution in [2.75, 3.05) is 0 Å². The Kier molecular flexibility index (Phi) is 2.49. The molecule has 1 aromatic rings. The minimum atomic E-state index is -0.871. The van der Waals surface area contributed by atoms with Gasteiger partial charge in [0.2, 0.25) is 0 Å². The van der Waals surface area contributed by atoms with Crippen molar-refractivity contribution in [3.63, 3.8) is 0 Å². The summed E-state index contributed by atoms with van der Waals surface area (Å²) in [6, 6.07) is 4.02. The van der Waals surface area contributed by atoms with E-state index >= 15 is 0 Å². The standard InChI is InChI=1S/C14H14F2O/c15-12-3-1-2-8(14(12)16)7-13(17)11-5-9-4-10(9)6-11/h1-3,9-11H,4-7H2. The fraction of sp³-hybridized carbons (Fsp3) is 0.500. The molecular weight excluding hydrogens is 222 g/mol. The predicted molar refractivity (Wildman–Crippen MR) is 59.4 cm³/mol. The Morgan fingerprint density at radius 1 is 1.18 bits per heavy atom. The summed E-state index contributed by atoms with van der Waals surface area (Å²) in [4.78, 5) is 12.0. The van der Waals surface area contributed by atoms with Crippen molar-refractivity contribution in [1.82, 2.24) is 0 Å². The van der Waals surface area contributed by atoms with Crippen molar-refractivity contribution in [1.29, 1.82) is 0 Å². The van der Waals surface area contributed by atoms with E-state index in [9.17, 15) is 13.6 Å². The monoisotopic (exact) mass is 236 g/mol. The number of carbonyl (C=O) groups excluding carboxylic acids is 1. The number of Topliss-reactive ketones (excluding diaryl/α,β-unsaturated/α-hetero) is 1. The van der Waals surface area contributed by atoms with E-state index in [1.165, 1.54) is 18.6 Å². The van der Waals surface area contributed by atoms with Gasteiger partial charge in [0.1, 0.15) is 5.78 Å². The third-order valence-corrected chi connectivity index (χ3v) is 4.10. The van der Waals surface area contributed by atoms with Gasteiger partial charge in [-0.05, 0) is 42.7 Å². The van der Waals surface area contributed by atoms with E-state index in [4.69, 9.17) is 0 Å². The van der Waals surface area contributed by atoms with Crippen LogP contribution in [0.5, 0.6) is 0 Å². The molecule has 1 nitrogen and oxygen atoms in total. The number of benzene rings is 1. The van der Waals surface area contributed by atoms with Gasteiger partial charge in [-0.3, -0.25) is 4.79 Å². The third-order valence-electron chi connectivity index (χ3n) is 4.10. The van der Waals surface area contributed by atoms with Crippen molar-refractivity contribution in [2.24, 2.45) is 17.8 Å². The summed E-state index contributed by atoms with van der Waals surface area (Å²) in [6.45, 7) is 0. The fourth-order valence-corrected chi connectivity index (χ4v) is 2.99. The molecule has 90 valence electrons. The fourth-order valence-electron chi connectivity index (χ4n) is 2.99. The van der Waals surface area contributed by atoms with Gasteiger partial charge in [0, 0.05) is 12.3 Å². The van der Waals surface area contributed by atoms with Gasteiger partial charge in [-0.2, -0.15) is 0 Å². The number of hydrogen-bond acceptors (Lipinski definition) is 1. The first-order valence-electron chi connectivity index (χ1n) is 6.10. The first-order chi connectivity index (χ1) is 8.15. The highest BCUT2D eigenvalue weighted by Gasteiger charge is 2.47. The molecule has 0 radical (unpaired) electrons. The van der Waals surface area contributed by atoms with E-state index in [2.05, 4.69) is 0 Å². The van der Waals surface area contributed by atoms with Crippen molar-refractivity contribution in [3.8, 4) is 0 Å². The SMILES string of the molecule is O=C(Cc1cccc(F)c1F)C1CC2CC2C1. The molecule has 0 saturated heterocycles. The van der Waals surface area contributed by atoms with Crippen LogP contribution in [-0.2, 0) is 11.2 Å². The van der Waals surface area contributed by atoms with Gasteiger partial charge in [0.25, 0.3) is 0 Å². The van der Waals surface area contributed by atoms with Crippen molar-refractivity contribution < 1.29 is 13.6 Å². The molecule has 2 saturated carbocycles. The van der Waals surface area contributed by atoms with Crippen LogP contribution in [0.15, 0.2) is 18.2 Å². The quantitative estimate of drug-likeness (QED) is 0.788. The van der Waals surface area contributed by atoms with E-state index in [1.54, 1.807) is 0 Å². The maximum atomic E-state index is 13.4. The van der Waals surface area contributed by atoms with E-state index in [1.807, 2.05) is 0 Å². The summed E-state index contributed by atoms with van der Waals surface area (Å²) in [5, 5.41) is 0. The average molecular weight is 236 g/mol. The summed E-state index contributed by atoms with van der Waals surface area (Å²) >= 11 is 0. The largest absolute Gasteiger partial charge is 0.299 e. The molecule has 0 aromatic heterocycles. The lowest BCUT2D eigenvalue weighted by Gasteiger charge is -2.10. The van der Waals surface area contributed by atoms with E-state index in [0.717, 1.165) is 30.7 Å². The number of fused-ring (bicyclic) bond motifs is 1. The predicted octanol–water partition coefficient (Wildman–Crippen LogP) is 3.12. The molecule has 0 N–H and O–H groups in total. The van der Waals surface area contributed by atoms with Crippen LogP contribution in [0.4, 0.5) is 8.78 Å². The molecule has 0 amide bonds. The summed E-state index contributed by atoms with van der Waals surface area (Å²) < 4.78 is 26.4. The first kappa shape index (κ1) is 10.9. The van der Waals surface area contributed by atoms with Crippen LogP contribution in [0, 0.1) is 29.4 Å². The van der Waals surface area contributed by atoms with E-state index in [-0.39, 0.29) is 23.7 Å². The van der Waals surface area contributed by atoms with Crippen LogP contribution in [-0.4, -0.2) is 5.78 Å². The summed E-state index contributed by atoms with van der Waals surface area (Å²) in [5.74, 6) is -0.112. The van der Waals surface area contributed by atoms with Crippen LogP contribution < -0.4 is 0 Å². The van der Waals surface area contributed by atoms with E-state index in [0.29, 0.717) is 0 Å². The molecule has 2 aliphatic rings. The van der Waals surface area contributed by atoms with Crippen molar-refractivity contribution in [3.05, 3.63) is 35.4 Å². The molecule has 3 heteroatoms. The topological polar surface area (TPSA) is 17.1 Å². The average Bonchev–Trinajstić information content (AvgIpc) is 2.92. The molecule has 2 unspecified atom stereocenters. The molecular formula is C14H14F2O. The molecule has 2 atom stereocenters. The lowest BCUT2D eigenvalue weighted by Crippen LogP contribution is -2.16. The minimum Gasteiger partial charge on any atom is -0.299 e. The van der Waals surface area contributed by atoms with Gasteiger partial charge >= 0.3 is 0 Å². The summed E-state index contributed by atoms with van der Waals surface area (Å²) in [6.07, 6.45) is 3.21. The van der Waals surface area contributed by atoms with E-state index < -0.39 is 11.6 Å². The number of rotatable bonds is 3. The molecule has 1 aromatic carbocycles. The van der Waals surface area contributed by atoms with Gasteiger partial charge in [0.15, 0.2) is 11.6 Å². The zero-order chi connectivity index (χ0) is 12.0. The van der Waals surface area contributed by atoms with Crippen molar-refractivity contribution >= 4 is 5.78 Å². The van der Waals surface area contributed by atoms with Gasteiger partial charge < -0.3 is 0 Å². The number of hydrogen-bond donors (Lipinski definition) is 0. The van der Waals surface area contributed by atoms with Crippen LogP contribution in [0.3, 0.4) is 0 Å². The second-order valence-corrected chi connectivity index (χ2v) is 5.28. The van der Waals surface area contributed by atoms with Crippen molar-refractivity contribution in [2.45, 2.75) is 25.7 Å². The highest BCUT2D eigenvalue weighted by molar-refractivity contribution is 5.83. The smallest absolute Gasteiger partial charge is 0.162 e. The Labute approximate surface area is 98.8 Å². The lowest BCUT2D eigenvalue weighted by molar-refractivity contribution is -0.122. The molecule has 0 heterocycles. The molecule has 3 rings (SSSR count). The first-order valence-corrected chi connectivity index (χ1v) is 6.10. The van der Waals surface area contributed by atoms with Crippen LogP contribution in [0.2, 0.25) is 0 Å². The van der Waals surface area contributed by atoms with Gasteiger partial charge in [-0.15, -0.1) is 0 Å². The van der Waals surface area contributed by atoms with Crippen LogP contribution >= 0.6 is 0 Å². The van der Waals surface area contributed by atoms with Gasteiger partial charge in [-0.25, -0.2) is 8.78 Å². The molecule has 17 heavy (non-hydrogen) atoms. The Bertz CT molecular complexity index is 459. The Morgan fingerprint density at radius 2 is 1.88 bits per heavy atom. The summed E-state index contributed by atoms with van der Waals surface area (Å²) in [7, 11) is 0. The van der Waals surface area contributed by atoms with Gasteiger partial charge in [0.05, 0.1) is 0 Å². The molecule has 0 aliphatic heterocycles. The number of carbonyl (C=O) groups is 1. The molecule has 2 fully saturated rings. The Hall–Kier alpha value is -1.25. The highest BCUT2D eigenvalue weighted by atomic mass is 19.2. The second kappa shape index (κ2) is 3.90. The minimum absolute atomic E-state index is 0.0354. The maximum absolute atomic E-state index is 13.4. The number of ketones is 1. The second-order valence-electron chi connectivity index (χ2n) is 5.28. The van der Waals surface area contributed by atoms with Gasteiger partial charge in [-0.1, -0.05) is 12.1 Å². The lowest BCUT2D eigenvalue weighted by atomic mass is 9.93. The zero-order valence-corrected chi connectivity index (χ0v) is 9.46. The Balaban J connectivity index is 1.69. The molecule has 2 aliphatic carbocycles. The zero-order valence-electron chi connectivity index (χ0n) is 9.46. The normalized spacial score (nSPS) is 30.1.